The Labute approximate surface area is 125 Å². The molecular formula is C16H23N3S. The van der Waals surface area contributed by atoms with Crippen molar-refractivity contribution in [2.24, 2.45) is 0 Å². The molecule has 2 aromatic rings. The summed E-state index contributed by atoms with van der Waals surface area (Å²) in [6, 6.07) is 8.65. The second-order valence-corrected chi connectivity index (χ2v) is 6.37. The van der Waals surface area contributed by atoms with Crippen molar-refractivity contribution in [2.75, 3.05) is 0 Å². The SMILES string of the molecule is CCCn1c(SCc2cccc(C)c2)nnc1C(C)C. The van der Waals surface area contributed by atoms with Crippen LogP contribution < -0.4 is 0 Å². The molecule has 3 nitrogen and oxygen atoms in total. The second kappa shape index (κ2) is 6.93. The third-order valence-corrected chi connectivity index (χ3v) is 4.20. The van der Waals surface area contributed by atoms with Crippen LogP contribution in [0.25, 0.3) is 0 Å². The van der Waals surface area contributed by atoms with Gasteiger partial charge in [0.05, 0.1) is 0 Å². The highest BCUT2D eigenvalue weighted by Gasteiger charge is 2.14. The predicted molar refractivity (Wildman–Crippen MR) is 85.1 cm³/mol. The topological polar surface area (TPSA) is 30.7 Å². The van der Waals surface area contributed by atoms with Gasteiger partial charge in [-0.3, -0.25) is 0 Å². The number of aromatic nitrogens is 3. The third kappa shape index (κ3) is 3.63. The van der Waals surface area contributed by atoms with Crippen LogP contribution in [0.2, 0.25) is 0 Å². The van der Waals surface area contributed by atoms with E-state index < -0.39 is 0 Å². The minimum Gasteiger partial charge on any atom is -0.306 e. The van der Waals surface area contributed by atoms with Crippen LogP contribution in [0.15, 0.2) is 29.4 Å². The van der Waals surface area contributed by atoms with E-state index in [0.717, 1.165) is 29.7 Å². The summed E-state index contributed by atoms with van der Waals surface area (Å²) in [5.41, 5.74) is 2.65. The molecule has 4 heteroatoms. The van der Waals surface area contributed by atoms with Crippen molar-refractivity contribution in [2.45, 2.75) is 57.5 Å². The average Bonchev–Trinajstić information content (AvgIpc) is 2.80. The lowest BCUT2D eigenvalue weighted by Gasteiger charge is -2.10. The van der Waals surface area contributed by atoms with Gasteiger partial charge in [-0.1, -0.05) is 62.4 Å². The third-order valence-electron chi connectivity index (χ3n) is 3.16. The Morgan fingerprint density at radius 1 is 1.25 bits per heavy atom. The van der Waals surface area contributed by atoms with Crippen LogP contribution in [0.1, 0.15) is 50.1 Å². The molecule has 0 unspecified atom stereocenters. The summed E-state index contributed by atoms with van der Waals surface area (Å²) < 4.78 is 2.27. The fourth-order valence-electron chi connectivity index (χ4n) is 2.22. The van der Waals surface area contributed by atoms with E-state index in [1.165, 1.54) is 11.1 Å². The zero-order valence-electron chi connectivity index (χ0n) is 12.8. The van der Waals surface area contributed by atoms with Gasteiger partial charge in [0.1, 0.15) is 5.82 Å². The number of nitrogens with zero attached hydrogens (tertiary/aromatic N) is 3. The van der Waals surface area contributed by atoms with Crippen LogP contribution in [-0.4, -0.2) is 14.8 Å². The van der Waals surface area contributed by atoms with E-state index in [4.69, 9.17) is 0 Å². The molecule has 0 amide bonds. The Bertz CT molecular complexity index is 561. The maximum atomic E-state index is 4.37. The first-order valence-corrected chi connectivity index (χ1v) is 8.21. The summed E-state index contributed by atoms with van der Waals surface area (Å²) >= 11 is 1.78. The van der Waals surface area contributed by atoms with Gasteiger partial charge in [-0.25, -0.2) is 0 Å². The molecule has 0 saturated carbocycles. The molecule has 0 atom stereocenters. The molecule has 0 aliphatic rings. The van der Waals surface area contributed by atoms with Crippen molar-refractivity contribution in [3.63, 3.8) is 0 Å². The summed E-state index contributed by atoms with van der Waals surface area (Å²) in [7, 11) is 0. The van der Waals surface area contributed by atoms with E-state index >= 15 is 0 Å². The predicted octanol–water partition coefficient (Wildman–Crippen LogP) is 4.41. The van der Waals surface area contributed by atoms with Crippen LogP contribution in [0.5, 0.6) is 0 Å². The van der Waals surface area contributed by atoms with Crippen molar-refractivity contribution in [3.05, 3.63) is 41.2 Å². The first-order valence-electron chi connectivity index (χ1n) is 7.23. The molecule has 0 aliphatic carbocycles. The highest BCUT2D eigenvalue weighted by atomic mass is 32.2. The van der Waals surface area contributed by atoms with Crippen molar-refractivity contribution in [3.8, 4) is 0 Å². The summed E-state index contributed by atoms with van der Waals surface area (Å²) in [5.74, 6) is 2.46. The first kappa shape index (κ1) is 15.1. The van der Waals surface area contributed by atoms with Crippen molar-refractivity contribution in [1.82, 2.24) is 14.8 Å². The van der Waals surface area contributed by atoms with Gasteiger partial charge in [0, 0.05) is 18.2 Å². The minimum absolute atomic E-state index is 0.419. The Kier molecular flexibility index (Phi) is 5.24. The Balaban J connectivity index is 2.13. The number of hydrogen-bond donors (Lipinski definition) is 0. The lowest BCUT2D eigenvalue weighted by atomic mass is 10.2. The number of hydrogen-bond acceptors (Lipinski definition) is 3. The number of rotatable bonds is 6. The molecule has 0 saturated heterocycles. The van der Waals surface area contributed by atoms with Gasteiger partial charge in [-0.15, -0.1) is 10.2 Å². The zero-order valence-corrected chi connectivity index (χ0v) is 13.6. The molecule has 0 spiro atoms. The molecule has 0 aliphatic heterocycles. The summed E-state index contributed by atoms with van der Waals surface area (Å²) in [4.78, 5) is 0. The highest BCUT2D eigenvalue weighted by molar-refractivity contribution is 7.98. The summed E-state index contributed by atoms with van der Waals surface area (Å²) in [6.45, 7) is 9.66. The van der Waals surface area contributed by atoms with Crippen molar-refractivity contribution >= 4 is 11.8 Å². The van der Waals surface area contributed by atoms with E-state index in [1.807, 2.05) is 0 Å². The molecular weight excluding hydrogens is 266 g/mol. The monoisotopic (exact) mass is 289 g/mol. The second-order valence-electron chi connectivity index (χ2n) is 5.42. The largest absolute Gasteiger partial charge is 0.306 e. The summed E-state index contributed by atoms with van der Waals surface area (Å²) in [5, 5.41) is 9.76. The molecule has 1 aromatic heterocycles. The molecule has 1 heterocycles. The quantitative estimate of drug-likeness (QED) is 0.738. The normalized spacial score (nSPS) is 11.2. The van der Waals surface area contributed by atoms with Crippen molar-refractivity contribution < 1.29 is 0 Å². The fraction of sp³-hybridized carbons (Fsp3) is 0.500. The zero-order chi connectivity index (χ0) is 14.5. The lowest BCUT2D eigenvalue weighted by molar-refractivity contribution is 0.572. The number of benzene rings is 1. The fourth-order valence-corrected chi connectivity index (χ4v) is 3.13. The number of thioether (sulfide) groups is 1. The van der Waals surface area contributed by atoms with Gasteiger partial charge in [0.15, 0.2) is 5.16 Å². The Morgan fingerprint density at radius 3 is 2.70 bits per heavy atom. The minimum atomic E-state index is 0.419. The van der Waals surface area contributed by atoms with Gasteiger partial charge < -0.3 is 4.57 Å². The molecule has 0 radical (unpaired) electrons. The van der Waals surface area contributed by atoms with Crippen LogP contribution in [0.3, 0.4) is 0 Å². The van der Waals surface area contributed by atoms with Crippen molar-refractivity contribution in [1.29, 1.82) is 0 Å². The molecule has 1 aromatic carbocycles. The standard InChI is InChI=1S/C16H23N3S/c1-5-9-19-15(12(2)3)17-18-16(19)20-11-14-8-6-7-13(4)10-14/h6-8,10,12H,5,9,11H2,1-4H3. The number of aryl methyl sites for hydroxylation is 1. The van der Waals surface area contributed by atoms with E-state index in [0.29, 0.717) is 5.92 Å². The Morgan fingerprint density at radius 2 is 2.05 bits per heavy atom. The average molecular weight is 289 g/mol. The van der Waals surface area contributed by atoms with Crippen LogP contribution in [0.4, 0.5) is 0 Å². The van der Waals surface area contributed by atoms with Gasteiger partial charge in [-0.05, 0) is 18.9 Å². The van der Waals surface area contributed by atoms with Crippen LogP contribution in [-0.2, 0) is 12.3 Å². The lowest BCUT2D eigenvalue weighted by Crippen LogP contribution is -2.06. The Hall–Kier alpha value is -1.29. The highest BCUT2D eigenvalue weighted by Crippen LogP contribution is 2.25. The van der Waals surface area contributed by atoms with Crippen LogP contribution >= 0.6 is 11.8 Å². The van der Waals surface area contributed by atoms with Crippen LogP contribution in [0, 0.1) is 6.92 Å². The molecule has 0 bridgehead atoms. The van der Waals surface area contributed by atoms with E-state index in [1.54, 1.807) is 11.8 Å². The summed E-state index contributed by atoms with van der Waals surface area (Å²) in [6.07, 6.45) is 1.11. The van der Waals surface area contributed by atoms with E-state index in [2.05, 4.69) is 66.7 Å². The molecule has 0 N–H and O–H groups in total. The first-order chi connectivity index (χ1) is 9.61. The van der Waals surface area contributed by atoms with Gasteiger partial charge >= 0.3 is 0 Å². The van der Waals surface area contributed by atoms with Gasteiger partial charge in [0.25, 0.3) is 0 Å². The van der Waals surface area contributed by atoms with Gasteiger partial charge in [-0.2, -0.15) is 0 Å². The molecule has 0 fully saturated rings. The van der Waals surface area contributed by atoms with E-state index in [9.17, 15) is 0 Å². The molecule has 108 valence electrons. The molecule has 2 rings (SSSR count). The smallest absolute Gasteiger partial charge is 0.191 e. The van der Waals surface area contributed by atoms with Gasteiger partial charge in [0.2, 0.25) is 0 Å². The maximum absolute atomic E-state index is 4.37. The maximum Gasteiger partial charge on any atom is 0.191 e. The van der Waals surface area contributed by atoms with E-state index in [-0.39, 0.29) is 0 Å². The molecule has 20 heavy (non-hydrogen) atoms.